The molecule has 0 N–H and O–H groups in total. The summed E-state index contributed by atoms with van der Waals surface area (Å²) >= 11 is 7.57. The molecule has 0 spiro atoms. The van der Waals surface area contributed by atoms with E-state index in [9.17, 15) is 8.42 Å². The highest BCUT2D eigenvalue weighted by Crippen LogP contribution is 2.42. The summed E-state index contributed by atoms with van der Waals surface area (Å²) in [5.74, 6) is 0.715. The van der Waals surface area contributed by atoms with Crippen LogP contribution >= 0.6 is 23.4 Å². The normalized spacial score (nSPS) is 14.5. The molecule has 28 heavy (non-hydrogen) atoms. The fraction of sp³-hybridized carbons (Fsp3) is 0.200. The molecule has 2 heterocycles. The summed E-state index contributed by atoms with van der Waals surface area (Å²) in [6, 6.07) is 11.5. The largest absolute Gasteiger partial charge is 0.269 e. The minimum atomic E-state index is -3.71. The molecule has 0 fully saturated rings. The predicted molar refractivity (Wildman–Crippen MR) is 114 cm³/mol. The smallest absolute Gasteiger partial charge is 0.267 e. The van der Waals surface area contributed by atoms with Gasteiger partial charge >= 0.3 is 0 Å². The Kier molecular flexibility index (Phi) is 4.85. The van der Waals surface area contributed by atoms with Crippen molar-refractivity contribution in [1.29, 1.82) is 0 Å². The lowest BCUT2D eigenvalue weighted by Crippen LogP contribution is -2.31. The Morgan fingerprint density at radius 2 is 1.93 bits per heavy atom. The van der Waals surface area contributed by atoms with Gasteiger partial charge in [0.15, 0.2) is 5.16 Å². The number of sulfonamides is 1. The number of hydrogen-bond donors (Lipinski definition) is 0. The fourth-order valence-electron chi connectivity index (χ4n) is 3.15. The van der Waals surface area contributed by atoms with E-state index in [0.717, 1.165) is 5.56 Å². The summed E-state index contributed by atoms with van der Waals surface area (Å²) < 4.78 is 26.9. The van der Waals surface area contributed by atoms with Crippen LogP contribution in [0.4, 0.5) is 5.69 Å². The third-order valence-electron chi connectivity index (χ3n) is 4.79. The van der Waals surface area contributed by atoms with Gasteiger partial charge in [-0.1, -0.05) is 47.1 Å². The van der Waals surface area contributed by atoms with Gasteiger partial charge < -0.3 is 0 Å². The molecule has 4 rings (SSSR count). The number of fused-ring (bicyclic) bond motifs is 3. The monoisotopic (exact) mass is 431 g/mol. The van der Waals surface area contributed by atoms with Gasteiger partial charge in [0.25, 0.3) is 10.0 Å². The molecule has 0 radical (unpaired) electrons. The van der Waals surface area contributed by atoms with Gasteiger partial charge in [0.1, 0.15) is 4.90 Å². The Morgan fingerprint density at radius 3 is 2.71 bits per heavy atom. The van der Waals surface area contributed by atoms with Gasteiger partial charge in [0.2, 0.25) is 0 Å². The third-order valence-corrected chi connectivity index (χ3v) is 7.70. The molecule has 0 saturated carbocycles. The molecule has 1 aliphatic rings. The van der Waals surface area contributed by atoms with Crippen LogP contribution < -0.4 is 4.31 Å². The quantitative estimate of drug-likeness (QED) is 0.438. The zero-order valence-corrected chi connectivity index (χ0v) is 18.0. The lowest BCUT2D eigenvalue weighted by atomic mass is 10.1. The lowest BCUT2D eigenvalue weighted by molar-refractivity contribution is 0.592. The van der Waals surface area contributed by atoms with Gasteiger partial charge in [-0.15, -0.1) is 0 Å². The molecule has 0 aliphatic carbocycles. The number of aromatic nitrogens is 2. The minimum Gasteiger partial charge on any atom is -0.269 e. The molecule has 3 aromatic rings. The minimum absolute atomic E-state index is 0.112. The van der Waals surface area contributed by atoms with E-state index in [0.29, 0.717) is 27.3 Å². The Hall–Kier alpha value is -2.09. The molecule has 8 heteroatoms. The average Bonchev–Trinajstić information content (AvgIpc) is 2.67. The molecule has 144 valence electrons. The molecule has 0 bridgehead atoms. The van der Waals surface area contributed by atoms with Crippen molar-refractivity contribution in [3.8, 4) is 11.3 Å². The second-order valence-corrected chi connectivity index (χ2v) is 10.0. The Bertz CT molecular complexity index is 1200. The molecular formula is C20H18ClN3O2S2. The zero-order chi connectivity index (χ0) is 20.1. The molecule has 1 aliphatic heterocycles. The fourth-order valence-corrected chi connectivity index (χ4v) is 5.48. The van der Waals surface area contributed by atoms with Crippen molar-refractivity contribution in [2.45, 2.75) is 29.7 Å². The van der Waals surface area contributed by atoms with Crippen molar-refractivity contribution in [1.82, 2.24) is 9.97 Å². The summed E-state index contributed by atoms with van der Waals surface area (Å²) in [6.45, 7) is 4.14. The predicted octanol–water partition coefficient (Wildman–Crippen LogP) is 4.84. The number of hydrogen-bond acceptors (Lipinski definition) is 5. The van der Waals surface area contributed by atoms with E-state index in [-0.39, 0.29) is 4.90 Å². The lowest BCUT2D eigenvalue weighted by Gasteiger charge is -2.28. The first-order valence-electron chi connectivity index (χ1n) is 8.62. The molecule has 2 aromatic carbocycles. The van der Waals surface area contributed by atoms with E-state index in [2.05, 4.69) is 42.0 Å². The van der Waals surface area contributed by atoms with Crippen LogP contribution in [0, 0.1) is 13.8 Å². The van der Waals surface area contributed by atoms with Crippen LogP contribution in [0.2, 0.25) is 5.02 Å². The van der Waals surface area contributed by atoms with Crippen molar-refractivity contribution in [2.75, 3.05) is 11.4 Å². The first kappa shape index (κ1) is 19.2. The summed E-state index contributed by atoms with van der Waals surface area (Å²) in [6.07, 6.45) is 1.40. The van der Waals surface area contributed by atoms with Crippen molar-refractivity contribution in [2.24, 2.45) is 0 Å². The summed E-state index contributed by atoms with van der Waals surface area (Å²) in [5, 5.41) is 1.02. The van der Waals surface area contributed by atoms with E-state index in [1.54, 1.807) is 18.2 Å². The molecule has 5 nitrogen and oxygen atoms in total. The van der Waals surface area contributed by atoms with Gasteiger partial charge in [-0.3, -0.25) is 4.31 Å². The molecular weight excluding hydrogens is 414 g/mol. The van der Waals surface area contributed by atoms with E-state index < -0.39 is 10.0 Å². The second-order valence-electron chi connectivity index (χ2n) is 6.72. The molecule has 0 atom stereocenters. The van der Waals surface area contributed by atoms with Crippen molar-refractivity contribution in [3.63, 3.8) is 0 Å². The van der Waals surface area contributed by atoms with Crippen LogP contribution in [0.1, 0.15) is 16.7 Å². The number of thioether (sulfide) groups is 1. The highest BCUT2D eigenvalue weighted by Gasteiger charge is 2.34. The summed E-state index contributed by atoms with van der Waals surface area (Å²) in [7, 11) is -2.20. The Morgan fingerprint density at radius 1 is 1.14 bits per heavy atom. The Labute approximate surface area is 173 Å². The van der Waals surface area contributed by atoms with Crippen molar-refractivity contribution in [3.05, 3.63) is 64.3 Å². The highest BCUT2D eigenvalue weighted by atomic mass is 35.5. The summed E-state index contributed by atoms with van der Waals surface area (Å²) in [5.41, 5.74) is 5.29. The Balaban J connectivity index is 1.74. The highest BCUT2D eigenvalue weighted by molar-refractivity contribution is 7.98. The zero-order valence-electron chi connectivity index (χ0n) is 15.6. The van der Waals surface area contributed by atoms with Gasteiger partial charge in [0.05, 0.1) is 17.6 Å². The maximum atomic E-state index is 12.8. The van der Waals surface area contributed by atoms with Gasteiger partial charge in [-0.2, -0.15) is 0 Å². The average molecular weight is 432 g/mol. The van der Waals surface area contributed by atoms with E-state index in [1.807, 2.05) is 0 Å². The van der Waals surface area contributed by atoms with Crippen LogP contribution in [0.5, 0.6) is 0 Å². The molecule has 1 aromatic heterocycles. The maximum Gasteiger partial charge on any atom is 0.267 e. The first-order chi connectivity index (χ1) is 13.3. The summed E-state index contributed by atoms with van der Waals surface area (Å²) in [4.78, 5) is 9.00. The van der Waals surface area contributed by atoms with Crippen LogP contribution in [0.15, 0.2) is 52.6 Å². The third kappa shape index (κ3) is 3.27. The SMILES string of the molecule is Cc1ccc(C)c(CSc2ncc3c(n2)-c2ccc(Cl)cc2N(C)S3(=O)=O)c1. The van der Waals surface area contributed by atoms with Crippen molar-refractivity contribution < 1.29 is 8.42 Å². The van der Waals surface area contributed by atoms with E-state index >= 15 is 0 Å². The van der Waals surface area contributed by atoms with Crippen LogP contribution in [0.3, 0.4) is 0 Å². The molecule has 0 unspecified atom stereocenters. The van der Waals surface area contributed by atoms with Gasteiger partial charge in [-0.25, -0.2) is 18.4 Å². The van der Waals surface area contributed by atoms with E-state index in [1.165, 1.54) is 46.0 Å². The van der Waals surface area contributed by atoms with E-state index in [4.69, 9.17) is 11.6 Å². The van der Waals surface area contributed by atoms with Gasteiger partial charge in [-0.05, 0) is 43.2 Å². The van der Waals surface area contributed by atoms with Crippen LogP contribution in [-0.4, -0.2) is 25.4 Å². The second kappa shape index (κ2) is 7.06. The maximum absolute atomic E-state index is 12.8. The van der Waals surface area contributed by atoms with Crippen LogP contribution in [0.25, 0.3) is 11.3 Å². The molecule has 0 saturated heterocycles. The van der Waals surface area contributed by atoms with Gasteiger partial charge in [0, 0.05) is 23.4 Å². The van der Waals surface area contributed by atoms with Crippen LogP contribution in [-0.2, 0) is 15.8 Å². The van der Waals surface area contributed by atoms with Crippen molar-refractivity contribution >= 4 is 39.1 Å². The molecule has 0 amide bonds. The first-order valence-corrected chi connectivity index (χ1v) is 11.4. The number of rotatable bonds is 3. The number of anilines is 1. The standard InChI is InChI=1S/C20H18ClN3O2S2/c1-12-4-5-13(2)14(8-12)11-27-20-22-10-18-19(23-20)16-7-6-15(21)9-17(16)24(3)28(18,25)26/h4-10H,11H2,1-3H3. The number of nitrogens with zero attached hydrogens (tertiary/aromatic N) is 3. The topological polar surface area (TPSA) is 63.2 Å². The number of aryl methyl sites for hydroxylation is 2. The number of halogens is 1. The number of benzene rings is 2.